The number of hydrazine groups is 1. The molecule has 2 heterocycles. The van der Waals surface area contributed by atoms with E-state index in [4.69, 9.17) is 5.84 Å². The van der Waals surface area contributed by atoms with E-state index in [0.717, 1.165) is 42.0 Å². The Morgan fingerprint density at radius 3 is 2.61 bits per heavy atom. The predicted molar refractivity (Wildman–Crippen MR) is 78.0 cm³/mol. The topological polar surface area (TPSA) is 67.1 Å². The fourth-order valence-corrected chi connectivity index (χ4v) is 2.77. The van der Waals surface area contributed by atoms with Gasteiger partial charge in [-0.2, -0.15) is 4.98 Å². The minimum Gasteiger partial charge on any atom is -0.356 e. The quantitative estimate of drug-likeness (QED) is 0.621. The van der Waals surface area contributed by atoms with Crippen molar-refractivity contribution in [1.82, 2.24) is 9.97 Å². The Morgan fingerprint density at radius 1 is 1.28 bits per heavy atom. The number of rotatable bonds is 6. The molecule has 2 aromatic rings. The van der Waals surface area contributed by atoms with Gasteiger partial charge in [-0.05, 0) is 24.3 Å². The zero-order valence-corrected chi connectivity index (χ0v) is 11.6. The van der Waals surface area contributed by atoms with Gasteiger partial charge in [-0.15, -0.1) is 11.3 Å². The van der Waals surface area contributed by atoms with E-state index in [-0.39, 0.29) is 0 Å². The highest BCUT2D eigenvalue weighted by Crippen LogP contribution is 2.29. The third kappa shape index (κ3) is 2.54. The maximum Gasteiger partial charge on any atom is 0.240 e. The third-order valence-corrected chi connectivity index (χ3v) is 3.53. The number of hydrogen-bond donors (Lipinski definition) is 2. The molecular formula is C12H19N5S. The second kappa shape index (κ2) is 5.97. The molecule has 0 unspecified atom stereocenters. The van der Waals surface area contributed by atoms with E-state index < -0.39 is 0 Å². The number of nitrogens with one attached hydrogen (secondary N) is 1. The molecule has 0 radical (unpaired) electrons. The van der Waals surface area contributed by atoms with E-state index in [1.165, 1.54) is 0 Å². The van der Waals surface area contributed by atoms with Crippen molar-refractivity contribution in [1.29, 1.82) is 0 Å². The van der Waals surface area contributed by atoms with Crippen molar-refractivity contribution < 1.29 is 0 Å². The van der Waals surface area contributed by atoms with Crippen LogP contribution in [-0.4, -0.2) is 23.1 Å². The van der Waals surface area contributed by atoms with E-state index in [9.17, 15) is 0 Å². The Bertz CT molecular complexity index is 504. The van der Waals surface area contributed by atoms with Gasteiger partial charge in [0.05, 0.1) is 5.39 Å². The lowest BCUT2D eigenvalue weighted by Gasteiger charge is -2.23. The maximum atomic E-state index is 5.44. The van der Waals surface area contributed by atoms with Crippen LogP contribution in [0.15, 0.2) is 11.4 Å². The Morgan fingerprint density at radius 2 is 2.00 bits per heavy atom. The van der Waals surface area contributed by atoms with Gasteiger partial charge >= 0.3 is 0 Å². The first-order valence-corrected chi connectivity index (χ1v) is 7.14. The number of nitrogens with zero attached hydrogens (tertiary/aromatic N) is 3. The Hall–Kier alpha value is -1.40. The molecule has 0 saturated carbocycles. The first kappa shape index (κ1) is 13.0. The van der Waals surface area contributed by atoms with Crippen LogP contribution in [0.5, 0.6) is 0 Å². The third-order valence-electron chi connectivity index (χ3n) is 2.72. The summed E-state index contributed by atoms with van der Waals surface area (Å²) in [5, 5.41) is 3.15. The van der Waals surface area contributed by atoms with Crippen LogP contribution >= 0.6 is 11.3 Å². The fourth-order valence-electron chi connectivity index (χ4n) is 2.01. The van der Waals surface area contributed by atoms with Gasteiger partial charge in [0.15, 0.2) is 0 Å². The standard InChI is InChI=1S/C12H19N5S/c1-3-6-17(7-4-2)10-9-5-8-18-11(9)15-12(14-10)16-13/h5,8H,3-4,6-7,13H2,1-2H3,(H,14,15,16). The van der Waals surface area contributed by atoms with Crippen LogP contribution in [0, 0.1) is 0 Å². The van der Waals surface area contributed by atoms with Crippen LogP contribution in [0.1, 0.15) is 26.7 Å². The van der Waals surface area contributed by atoms with Gasteiger partial charge in [-0.1, -0.05) is 13.8 Å². The Labute approximate surface area is 111 Å². The van der Waals surface area contributed by atoms with Crippen LogP contribution < -0.4 is 16.2 Å². The summed E-state index contributed by atoms with van der Waals surface area (Å²) >= 11 is 1.61. The molecule has 0 aliphatic carbocycles. The van der Waals surface area contributed by atoms with Crippen molar-refractivity contribution in [2.24, 2.45) is 5.84 Å². The van der Waals surface area contributed by atoms with E-state index in [0.29, 0.717) is 5.95 Å². The maximum absolute atomic E-state index is 5.44. The molecule has 0 amide bonds. The van der Waals surface area contributed by atoms with Gasteiger partial charge < -0.3 is 4.90 Å². The highest BCUT2D eigenvalue weighted by molar-refractivity contribution is 7.16. The fraction of sp³-hybridized carbons (Fsp3) is 0.500. The SMILES string of the molecule is CCCN(CCC)c1nc(NN)nc2sccc12. The van der Waals surface area contributed by atoms with E-state index >= 15 is 0 Å². The molecule has 0 aliphatic rings. The predicted octanol–water partition coefficient (Wildman–Crippen LogP) is 2.60. The lowest BCUT2D eigenvalue weighted by Crippen LogP contribution is -2.26. The monoisotopic (exact) mass is 265 g/mol. The van der Waals surface area contributed by atoms with Crippen LogP contribution in [0.3, 0.4) is 0 Å². The molecule has 6 heteroatoms. The number of aromatic nitrogens is 2. The summed E-state index contributed by atoms with van der Waals surface area (Å²) in [7, 11) is 0. The van der Waals surface area contributed by atoms with Gasteiger partial charge in [0.1, 0.15) is 10.6 Å². The average molecular weight is 265 g/mol. The van der Waals surface area contributed by atoms with Crippen molar-refractivity contribution in [3.05, 3.63) is 11.4 Å². The van der Waals surface area contributed by atoms with E-state index in [1.807, 2.05) is 5.38 Å². The second-order valence-electron chi connectivity index (χ2n) is 4.14. The number of fused-ring (bicyclic) bond motifs is 1. The van der Waals surface area contributed by atoms with Crippen molar-refractivity contribution in [3.8, 4) is 0 Å². The van der Waals surface area contributed by atoms with Gasteiger partial charge in [0, 0.05) is 13.1 Å². The van der Waals surface area contributed by atoms with Crippen LogP contribution in [0.25, 0.3) is 10.2 Å². The van der Waals surface area contributed by atoms with Gasteiger partial charge in [0.2, 0.25) is 5.95 Å². The van der Waals surface area contributed by atoms with Gasteiger partial charge in [0.25, 0.3) is 0 Å². The molecule has 0 saturated heterocycles. The summed E-state index contributed by atoms with van der Waals surface area (Å²) in [5.41, 5.74) is 2.55. The van der Waals surface area contributed by atoms with Crippen molar-refractivity contribution in [3.63, 3.8) is 0 Å². The Balaban J connectivity index is 2.48. The molecule has 0 aliphatic heterocycles. The molecule has 3 N–H and O–H groups in total. The first-order valence-electron chi connectivity index (χ1n) is 6.27. The zero-order valence-electron chi connectivity index (χ0n) is 10.8. The molecule has 2 rings (SSSR count). The summed E-state index contributed by atoms with van der Waals surface area (Å²) in [6, 6.07) is 2.08. The molecule has 0 atom stereocenters. The number of hydrogen-bond acceptors (Lipinski definition) is 6. The Kier molecular flexibility index (Phi) is 4.33. The minimum atomic E-state index is 0.483. The zero-order chi connectivity index (χ0) is 13.0. The smallest absolute Gasteiger partial charge is 0.240 e. The molecule has 18 heavy (non-hydrogen) atoms. The van der Waals surface area contributed by atoms with Crippen molar-refractivity contribution in [2.75, 3.05) is 23.4 Å². The normalized spacial score (nSPS) is 10.8. The van der Waals surface area contributed by atoms with Crippen LogP contribution in [0.2, 0.25) is 0 Å². The second-order valence-corrected chi connectivity index (χ2v) is 5.04. The average Bonchev–Trinajstić information content (AvgIpc) is 2.85. The van der Waals surface area contributed by atoms with Gasteiger partial charge in [-0.3, -0.25) is 5.43 Å². The molecular weight excluding hydrogens is 246 g/mol. The number of nitrogen functional groups attached to an aromatic ring is 1. The summed E-state index contributed by atoms with van der Waals surface area (Å²) < 4.78 is 0. The van der Waals surface area contributed by atoms with Crippen molar-refractivity contribution >= 4 is 33.3 Å². The molecule has 0 aromatic carbocycles. The molecule has 0 fully saturated rings. The molecule has 5 nitrogen and oxygen atoms in total. The first-order chi connectivity index (χ1) is 8.80. The summed E-state index contributed by atoms with van der Waals surface area (Å²) in [6.07, 6.45) is 2.20. The molecule has 0 spiro atoms. The van der Waals surface area contributed by atoms with E-state index in [2.05, 4.69) is 40.2 Å². The summed E-state index contributed by atoms with van der Waals surface area (Å²) in [5.74, 6) is 6.91. The van der Waals surface area contributed by atoms with Crippen LogP contribution in [0.4, 0.5) is 11.8 Å². The van der Waals surface area contributed by atoms with E-state index in [1.54, 1.807) is 11.3 Å². The highest BCUT2D eigenvalue weighted by atomic mass is 32.1. The van der Waals surface area contributed by atoms with Gasteiger partial charge in [-0.25, -0.2) is 10.8 Å². The lowest BCUT2D eigenvalue weighted by molar-refractivity contribution is 0.737. The number of nitrogens with two attached hydrogens (primary N) is 1. The molecule has 2 aromatic heterocycles. The highest BCUT2D eigenvalue weighted by Gasteiger charge is 2.14. The number of thiophene rings is 1. The van der Waals surface area contributed by atoms with Crippen molar-refractivity contribution in [2.45, 2.75) is 26.7 Å². The molecule has 0 bridgehead atoms. The van der Waals surface area contributed by atoms with Crippen LogP contribution in [-0.2, 0) is 0 Å². The summed E-state index contributed by atoms with van der Waals surface area (Å²) in [4.78, 5) is 12.2. The minimum absolute atomic E-state index is 0.483. The molecule has 98 valence electrons. The summed E-state index contributed by atoms with van der Waals surface area (Å²) in [6.45, 7) is 6.35. The number of anilines is 2. The largest absolute Gasteiger partial charge is 0.356 e. The lowest BCUT2D eigenvalue weighted by atomic mass is 10.3.